The molecule has 9 nitrogen and oxygen atoms in total. The molecule has 3 N–H and O–H groups in total. The molecule has 0 aliphatic rings. The van der Waals surface area contributed by atoms with Crippen LogP contribution in [0.25, 0.3) is 0 Å². The molecule has 1 aromatic rings. The minimum Gasteiger partial charge on any atom is -0.493 e. The molecule has 0 fully saturated rings. The van der Waals surface area contributed by atoms with E-state index in [0.717, 1.165) is 5.56 Å². The van der Waals surface area contributed by atoms with Gasteiger partial charge in [-0.3, -0.25) is 9.59 Å². The molecule has 2 atom stereocenters. The van der Waals surface area contributed by atoms with E-state index in [9.17, 15) is 14.4 Å². The van der Waals surface area contributed by atoms with E-state index in [1.54, 1.807) is 45.9 Å². The van der Waals surface area contributed by atoms with Gasteiger partial charge in [0.1, 0.15) is 17.7 Å². The molecule has 0 saturated heterocycles. The lowest BCUT2D eigenvalue weighted by Crippen LogP contribution is -2.53. The van der Waals surface area contributed by atoms with E-state index < -0.39 is 29.7 Å². The van der Waals surface area contributed by atoms with Gasteiger partial charge in [0.2, 0.25) is 11.8 Å². The molecule has 0 aliphatic carbocycles. The topological polar surface area (TPSA) is 115 Å². The fraction of sp³-hybridized carbons (Fsp3) is 0.550. The lowest BCUT2D eigenvalue weighted by Gasteiger charge is -2.24. The number of hydrogen-bond acceptors (Lipinski definition) is 6. The van der Waals surface area contributed by atoms with Crippen LogP contribution in [0.5, 0.6) is 11.5 Å². The molecule has 0 unspecified atom stereocenters. The molecule has 0 radical (unpaired) electrons. The molecule has 0 aromatic heterocycles. The molecular formula is C20H31N3O6. The van der Waals surface area contributed by atoms with Gasteiger partial charge in [-0.05, 0) is 45.4 Å². The van der Waals surface area contributed by atoms with Gasteiger partial charge in [-0.25, -0.2) is 4.79 Å². The number of benzene rings is 1. The fourth-order valence-electron chi connectivity index (χ4n) is 2.50. The summed E-state index contributed by atoms with van der Waals surface area (Å²) in [5, 5.41) is 7.63. The zero-order chi connectivity index (χ0) is 22.2. The predicted molar refractivity (Wildman–Crippen MR) is 108 cm³/mol. The van der Waals surface area contributed by atoms with E-state index >= 15 is 0 Å². The molecule has 9 heteroatoms. The highest BCUT2D eigenvalue weighted by molar-refractivity contribution is 5.91. The monoisotopic (exact) mass is 409 g/mol. The average molecular weight is 409 g/mol. The summed E-state index contributed by atoms with van der Waals surface area (Å²) in [4.78, 5) is 36.7. The predicted octanol–water partition coefficient (Wildman–Crippen LogP) is 1.39. The first-order valence-electron chi connectivity index (χ1n) is 9.23. The molecule has 1 rings (SSSR count). The Morgan fingerprint density at radius 1 is 1.00 bits per heavy atom. The van der Waals surface area contributed by atoms with Crippen LogP contribution in [-0.2, 0) is 20.7 Å². The highest BCUT2D eigenvalue weighted by Crippen LogP contribution is 2.28. The zero-order valence-electron chi connectivity index (χ0n) is 18.0. The maximum atomic E-state index is 12.7. The van der Waals surface area contributed by atoms with Crippen molar-refractivity contribution in [1.82, 2.24) is 16.0 Å². The second kappa shape index (κ2) is 10.5. The Labute approximate surface area is 171 Å². The summed E-state index contributed by atoms with van der Waals surface area (Å²) >= 11 is 0. The fourth-order valence-corrected chi connectivity index (χ4v) is 2.50. The first-order chi connectivity index (χ1) is 13.5. The average Bonchev–Trinajstić information content (AvgIpc) is 2.64. The Morgan fingerprint density at radius 2 is 1.62 bits per heavy atom. The number of alkyl carbamates (subject to hydrolysis) is 1. The number of likely N-dealkylation sites (N-methyl/N-ethyl adjacent to an activating group) is 1. The minimum atomic E-state index is -0.963. The van der Waals surface area contributed by atoms with Crippen LogP contribution < -0.4 is 25.4 Å². The summed E-state index contributed by atoms with van der Waals surface area (Å²) in [6.45, 7) is 6.73. The Balaban J connectivity index is 3.04. The van der Waals surface area contributed by atoms with Crippen molar-refractivity contribution < 1.29 is 28.6 Å². The Hall–Kier alpha value is -2.97. The van der Waals surface area contributed by atoms with Crippen molar-refractivity contribution in [3.8, 4) is 11.5 Å². The van der Waals surface area contributed by atoms with Crippen LogP contribution in [0, 0.1) is 0 Å². The van der Waals surface area contributed by atoms with E-state index in [0.29, 0.717) is 11.5 Å². The number of ether oxygens (including phenoxy) is 3. The van der Waals surface area contributed by atoms with Crippen molar-refractivity contribution in [2.75, 3.05) is 21.3 Å². The van der Waals surface area contributed by atoms with Gasteiger partial charge in [-0.15, -0.1) is 0 Å². The molecular weight excluding hydrogens is 378 g/mol. The van der Waals surface area contributed by atoms with E-state index in [1.807, 2.05) is 0 Å². The molecule has 3 amide bonds. The number of carbonyl (C=O) groups is 3. The van der Waals surface area contributed by atoms with Crippen LogP contribution in [0.15, 0.2) is 18.2 Å². The summed E-state index contributed by atoms with van der Waals surface area (Å²) in [5.41, 5.74) is 0.00978. The third-order valence-electron chi connectivity index (χ3n) is 3.89. The van der Waals surface area contributed by atoms with Crippen molar-refractivity contribution in [3.05, 3.63) is 23.8 Å². The third kappa shape index (κ3) is 7.89. The number of methoxy groups -OCH3 is 2. The maximum absolute atomic E-state index is 12.7. The SMILES string of the molecule is CNC(=O)[C@H](C)NC(=O)[C@H](Cc1ccc(OC)c(OC)c1)NC(=O)OC(C)(C)C. The van der Waals surface area contributed by atoms with Gasteiger partial charge in [-0.2, -0.15) is 0 Å². The van der Waals surface area contributed by atoms with E-state index in [2.05, 4.69) is 16.0 Å². The van der Waals surface area contributed by atoms with Crippen molar-refractivity contribution in [2.24, 2.45) is 0 Å². The highest BCUT2D eigenvalue weighted by atomic mass is 16.6. The van der Waals surface area contributed by atoms with Crippen LogP contribution >= 0.6 is 0 Å². The Bertz CT molecular complexity index is 729. The number of amides is 3. The van der Waals surface area contributed by atoms with Crippen LogP contribution in [0.3, 0.4) is 0 Å². The largest absolute Gasteiger partial charge is 0.493 e. The number of hydrogen-bond donors (Lipinski definition) is 3. The minimum absolute atomic E-state index is 0.159. The summed E-state index contributed by atoms with van der Waals surface area (Å²) in [6, 6.07) is 3.47. The van der Waals surface area contributed by atoms with Crippen LogP contribution in [0.1, 0.15) is 33.3 Å². The second-order valence-electron chi connectivity index (χ2n) is 7.44. The quantitative estimate of drug-likeness (QED) is 0.598. The van der Waals surface area contributed by atoms with E-state index in [-0.39, 0.29) is 12.3 Å². The molecule has 162 valence electrons. The van der Waals surface area contributed by atoms with Crippen LogP contribution in [0.4, 0.5) is 4.79 Å². The summed E-state index contributed by atoms with van der Waals surface area (Å²) < 4.78 is 15.8. The van der Waals surface area contributed by atoms with Gasteiger partial charge in [0.25, 0.3) is 0 Å². The zero-order valence-corrected chi connectivity index (χ0v) is 18.0. The summed E-state index contributed by atoms with van der Waals surface area (Å²) in [6.07, 6.45) is -0.572. The summed E-state index contributed by atoms with van der Waals surface area (Å²) in [7, 11) is 4.51. The Kier molecular flexibility index (Phi) is 8.75. The molecule has 0 aliphatic heterocycles. The third-order valence-corrected chi connectivity index (χ3v) is 3.89. The summed E-state index contributed by atoms with van der Waals surface area (Å²) in [5.74, 6) is 0.188. The van der Waals surface area contributed by atoms with E-state index in [1.165, 1.54) is 21.3 Å². The lowest BCUT2D eigenvalue weighted by molar-refractivity contribution is -0.129. The van der Waals surface area contributed by atoms with Crippen LogP contribution in [0.2, 0.25) is 0 Å². The molecule has 0 bridgehead atoms. The van der Waals surface area contributed by atoms with Gasteiger partial charge < -0.3 is 30.2 Å². The molecule has 1 aromatic carbocycles. The first-order valence-corrected chi connectivity index (χ1v) is 9.23. The van der Waals surface area contributed by atoms with E-state index in [4.69, 9.17) is 14.2 Å². The van der Waals surface area contributed by atoms with Gasteiger partial charge in [-0.1, -0.05) is 6.07 Å². The molecule has 0 heterocycles. The molecule has 29 heavy (non-hydrogen) atoms. The normalized spacial score (nSPS) is 12.9. The smallest absolute Gasteiger partial charge is 0.408 e. The second-order valence-corrected chi connectivity index (χ2v) is 7.44. The van der Waals surface area contributed by atoms with Crippen molar-refractivity contribution in [3.63, 3.8) is 0 Å². The van der Waals surface area contributed by atoms with Crippen molar-refractivity contribution in [1.29, 1.82) is 0 Å². The van der Waals surface area contributed by atoms with Gasteiger partial charge >= 0.3 is 6.09 Å². The first kappa shape index (κ1) is 24.1. The lowest BCUT2D eigenvalue weighted by atomic mass is 10.0. The maximum Gasteiger partial charge on any atom is 0.408 e. The highest BCUT2D eigenvalue weighted by Gasteiger charge is 2.27. The molecule has 0 spiro atoms. The molecule has 0 saturated carbocycles. The van der Waals surface area contributed by atoms with Gasteiger partial charge in [0.15, 0.2) is 11.5 Å². The number of nitrogens with one attached hydrogen (secondary N) is 3. The Morgan fingerprint density at radius 3 is 2.14 bits per heavy atom. The van der Waals surface area contributed by atoms with Gasteiger partial charge in [0.05, 0.1) is 14.2 Å². The van der Waals surface area contributed by atoms with Gasteiger partial charge in [0, 0.05) is 13.5 Å². The number of carbonyl (C=O) groups excluding carboxylic acids is 3. The standard InChI is InChI=1S/C20H31N3O6/c1-12(17(24)21-5)22-18(25)14(23-19(26)29-20(2,3)4)10-13-8-9-15(27-6)16(11-13)28-7/h8-9,11-12,14H,10H2,1-7H3,(H,21,24)(H,22,25)(H,23,26)/t12-,14-/m0/s1. The van der Waals surface area contributed by atoms with Crippen molar-refractivity contribution >= 4 is 17.9 Å². The number of rotatable bonds is 8. The van der Waals surface area contributed by atoms with Crippen LogP contribution in [-0.4, -0.2) is 56.9 Å². The van der Waals surface area contributed by atoms with Crippen molar-refractivity contribution in [2.45, 2.75) is 51.8 Å².